The molecular weight excluding hydrogens is 503 g/mol. The highest BCUT2D eigenvalue weighted by Gasteiger charge is 2.15. The van der Waals surface area contributed by atoms with Crippen LogP contribution >= 0.6 is 0 Å². The largest absolute Gasteiger partial charge is 0.294 e. The van der Waals surface area contributed by atoms with Crippen LogP contribution in [0, 0.1) is 0 Å². The normalized spacial score (nSPS) is 11.2. The molecule has 8 heteroatoms. The molecule has 4 aromatic heterocycles. The Morgan fingerprint density at radius 1 is 0.475 bits per heavy atom. The van der Waals surface area contributed by atoms with Gasteiger partial charge in [-0.25, -0.2) is 0 Å². The van der Waals surface area contributed by atoms with E-state index < -0.39 is 0 Å². The van der Waals surface area contributed by atoms with Gasteiger partial charge in [-0.05, 0) is 71.8 Å². The Morgan fingerprint density at radius 3 is 1.10 bits per heavy atom. The molecule has 0 bridgehead atoms. The quantitative estimate of drug-likeness (QED) is 0.185. The van der Waals surface area contributed by atoms with E-state index in [9.17, 15) is 4.53 Å². The lowest BCUT2D eigenvalue weighted by Crippen LogP contribution is -2.25. The summed E-state index contributed by atoms with van der Waals surface area (Å²) in [5.41, 5.74) is 5.68. The van der Waals surface area contributed by atoms with Crippen LogP contribution in [0.25, 0.3) is 0 Å². The summed E-state index contributed by atoms with van der Waals surface area (Å²) >= 11 is 0. The van der Waals surface area contributed by atoms with Crippen LogP contribution in [0.2, 0.25) is 0 Å². The van der Waals surface area contributed by atoms with Crippen molar-refractivity contribution in [3.8, 4) is 5.75 Å². The van der Waals surface area contributed by atoms with E-state index in [1.54, 1.807) is 36.9 Å². The number of aromatic nitrogens is 4. The van der Waals surface area contributed by atoms with Gasteiger partial charge >= 0.3 is 0 Å². The van der Waals surface area contributed by atoms with E-state index in [0.29, 0.717) is 39.3 Å². The van der Waals surface area contributed by atoms with Crippen molar-refractivity contribution in [2.24, 2.45) is 0 Å². The minimum atomic E-state index is 0.179. The molecule has 0 aliphatic rings. The van der Waals surface area contributed by atoms with Gasteiger partial charge in [0, 0.05) is 68.6 Å². The van der Waals surface area contributed by atoms with Gasteiger partial charge in [0.1, 0.15) is 0 Å². The van der Waals surface area contributed by atoms with Crippen molar-refractivity contribution < 1.29 is 9.47 Å². The fourth-order valence-corrected chi connectivity index (χ4v) is 4.69. The van der Waals surface area contributed by atoms with Crippen LogP contribution in [-0.2, 0) is 39.3 Å². The molecule has 1 aromatic carbocycles. The minimum Gasteiger partial charge on any atom is -0.294 e. The number of benzene rings is 1. The van der Waals surface area contributed by atoms with Crippen LogP contribution in [-0.4, -0.2) is 29.7 Å². The summed E-state index contributed by atoms with van der Waals surface area (Å²) in [5.74, 6) is 0.179. The highest BCUT2D eigenvalue weighted by molar-refractivity contribution is 5.34. The maximum absolute atomic E-state index is 13.6. The van der Waals surface area contributed by atoms with Crippen LogP contribution in [0.4, 0.5) is 4.53 Å². The van der Waals surface area contributed by atoms with E-state index in [0.717, 1.165) is 33.9 Å². The maximum Gasteiger partial charge on any atom is 0.172 e. The van der Waals surface area contributed by atoms with Gasteiger partial charge in [0.15, 0.2) is 5.75 Å². The van der Waals surface area contributed by atoms with Gasteiger partial charge < -0.3 is 0 Å². The number of pyridine rings is 4. The van der Waals surface area contributed by atoms with E-state index in [1.165, 1.54) is 0 Å². The Kier molecular flexibility index (Phi) is 9.49. The maximum atomic E-state index is 13.6. The molecular formula is C32H31FN6O. The third-order valence-corrected chi connectivity index (χ3v) is 6.37. The molecule has 0 saturated heterocycles. The third kappa shape index (κ3) is 8.23. The van der Waals surface area contributed by atoms with Crippen molar-refractivity contribution in [3.05, 3.63) is 150 Å². The zero-order chi connectivity index (χ0) is 27.4. The van der Waals surface area contributed by atoms with Crippen LogP contribution in [0.3, 0.4) is 0 Å². The van der Waals surface area contributed by atoms with Crippen molar-refractivity contribution in [3.63, 3.8) is 0 Å². The fourth-order valence-electron chi connectivity index (χ4n) is 4.69. The molecule has 0 saturated carbocycles. The smallest absolute Gasteiger partial charge is 0.172 e. The molecule has 0 atom stereocenters. The van der Waals surface area contributed by atoms with Crippen LogP contribution in [0.5, 0.6) is 5.75 Å². The summed E-state index contributed by atoms with van der Waals surface area (Å²) in [6.07, 6.45) is 7.17. The lowest BCUT2D eigenvalue weighted by Gasteiger charge is -2.24. The zero-order valence-corrected chi connectivity index (χ0v) is 22.2. The summed E-state index contributed by atoms with van der Waals surface area (Å²) < 4.78 is 13.6. The summed E-state index contributed by atoms with van der Waals surface area (Å²) in [5, 5.41) is 0. The Morgan fingerprint density at radius 2 is 0.825 bits per heavy atom. The molecule has 0 unspecified atom stereocenters. The minimum absolute atomic E-state index is 0.179. The van der Waals surface area contributed by atoms with Crippen molar-refractivity contribution in [1.82, 2.24) is 29.7 Å². The molecule has 0 spiro atoms. The summed E-state index contributed by atoms with van der Waals surface area (Å²) in [6.45, 7) is 3.63. The van der Waals surface area contributed by atoms with Crippen molar-refractivity contribution in [2.45, 2.75) is 39.3 Å². The van der Waals surface area contributed by atoms with Crippen LogP contribution in [0.1, 0.15) is 33.9 Å². The van der Waals surface area contributed by atoms with E-state index in [-0.39, 0.29) is 5.75 Å². The number of rotatable bonds is 13. The molecule has 0 fully saturated rings. The van der Waals surface area contributed by atoms with Crippen LogP contribution in [0.15, 0.2) is 116 Å². The van der Waals surface area contributed by atoms with E-state index in [4.69, 9.17) is 0 Å². The second-order valence-corrected chi connectivity index (χ2v) is 9.64. The van der Waals surface area contributed by atoms with Crippen molar-refractivity contribution in [1.29, 1.82) is 0 Å². The highest BCUT2D eigenvalue weighted by atomic mass is 19.3. The van der Waals surface area contributed by atoms with Gasteiger partial charge in [-0.1, -0.05) is 30.3 Å². The lowest BCUT2D eigenvalue weighted by molar-refractivity contribution is -0.00651. The van der Waals surface area contributed by atoms with E-state index in [2.05, 4.69) is 40.7 Å². The fraction of sp³-hybridized carbons (Fsp3) is 0.188. The van der Waals surface area contributed by atoms with Gasteiger partial charge in [-0.15, -0.1) is 0 Å². The number of hydrogen-bond donors (Lipinski definition) is 0. The molecule has 5 rings (SSSR count). The third-order valence-electron chi connectivity index (χ3n) is 6.37. The second kappa shape index (κ2) is 14.0. The SMILES string of the molecule is FOc1cc(CN(Cc2ccccn2)Cc2ccccn2)cc(CN(Cc2ccccn2)Cc2ccccn2)c1. The second-order valence-electron chi connectivity index (χ2n) is 9.64. The first kappa shape index (κ1) is 27.1. The molecule has 0 aliphatic carbocycles. The molecule has 4 heterocycles. The Hall–Kier alpha value is -4.53. The van der Waals surface area contributed by atoms with Gasteiger partial charge in [0.2, 0.25) is 0 Å². The molecule has 7 nitrogen and oxygen atoms in total. The van der Waals surface area contributed by atoms with E-state index >= 15 is 0 Å². The first-order chi connectivity index (χ1) is 19.7. The van der Waals surface area contributed by atoms with Crippen molar-refractivity contribution >= 4 is 0 Å². The zero-order valence-electron chi connectivity index (χ0n) is 22.2. The lowest BCUT2D eigenvalue weighted by atomic mass is 10.1. The van der Waals surface area contributed by atoms with Gasteiger partial charge in [-0.2, -0.15) is 0 Å². The Labute approximate surface area is 233 Å². The number of halogens is 1. The summed E-state index contributed by atoms with van der Waals surface area (Å²) in [7, 11) is 0. The number of nitrogens with zero attached hydrogens (tertiary/aromatic N) is 6. The predicted molar refractivity (Wildman–Crippen MR) is 151 cm³/mol. The summed E-state index contributed by atoms with van der Waals surface area (Å²) in [4.78, 5) is 26.8. The van der Waals surface area contributed by atoms with Crippen molar-refractivity contribution in [2.75, 3.05) is 0 Å². The molecule has 5 aromatic rings. The van der Waals surface area contributed by atoms with Gasteiger partial charge in [0.25, 0.3) is 0 Å². The first-order valence-electron chi connectivity index (χ1n) is 13.2. The highest BCUT2D eigenvalue weighted by Crippen LogP contribution is 2.23. The topological polar surface area (TPSA) is 67.3 Å². The number of hydrogen-bond acceptors (Lipinski definition) is 7. The predicted octanol–water partition coefficient (Wildman–Crippen LogP) is 5.93. The molecule has 202 valence electrons. The van der Waals surface area contributed by atoms with Crippen LogP contribution < -0.4 is 4.94 Å². The molecule has 0 aliphatic heterocycles. The molecule has 0 radical (unpaired) electrons. The van der Waals surface area contributed by atoms with Gasteiger partial charge in [0.05, 0.1) is 22.8 Å². The molecule has 0 N–H and O–H groups in total. The monoisotopic (exact) mass is 534 g/mol. The molecule has 40 heavy (non-hydrogen) atoms. The summed E-state index contributed by atoms with van der Waals surface area (Å²) in [6, 6.07) is 29.2. The van der Waals surface area contributed by atoms with Gasteiger partial charge in [-0.3, -0.25) is 34.7 Å². The average molecular weight is 535 g/mol. The average Bonchev–Trinajstić information content (AvgIpc) is 2.99. The Bertz CT molecular complexity index is 1250. The standard InChI is InChI=1S/C32H31FN6O/c33-40-32-18-26(20-38(22-28-9-1-5-13-34-28)23-29-10-2-6-14-35-29)17-27(19-32)21-39(24-30-11-3-7-15-36-30)25-31-12-4-8-16-37-31/h1-19H,20-25H2. The molecule has 0 amide bonds. The van der Waals surface area contributed by atoms with E-state index in [1.807, 2.05) is 72.8 Å². The Balaban J connectivity index is 1.39. The first-order valence-corrected chi connectivity index (χ1v) is 13.2.